The van der Waals surface area contributed by atoms with Gasteiger partial charge >= 0.3 is 0 Å². The van der Waals surface area contributed by atoms with E-state index < -0.39 is 0 Å². The van der Waals surface area contributed by atoms with Crippen molar-refractivity contribution < 1.29 is 9.47 Å². The van der Waals surface area contributed by atoms with Gasteiger partial charge in [0.15, 0.2) is 11.5 Å². The summed E-state index contributed by atoms with van der Waals surface area (Å²) < 4.78 is 11.7. The Balaban J connectivity index is 0.00000196. The molecule has 0 amide bonds. The van der Waals surface area contributed by atoms with E-state index in [9.17, 15) is 0 Å². The van der Waals surface area contributed by atoms with E-state index in [2.05, 4.69) is 62.5 Å². The summed E-state index contributed by atoms with van der Waals surface area (Å²) in [7, 11) is 3.33. The highest BCUT2D eigenvalue weighted by molar-refractivity contribution is 9.10. The molecular weight excluding hydrogens is 463 g/mol. The van der Waals surface area contributed by atoms with Crippen LogP contribution in [0.4, 0.5) is 0 Å². The van der Waals surface area contributed by atoms with Crippen LogP contribution in [-0.2, 0) is 13.1 Å². The number of methoxy groups -OCH3 is 2. The van der Waals surface area contributed by atoms with Crippen LogP contribution in [0.25, 0.3) is 0 Å². The molecule has 2 aromatic rings. The highest BCUT2D eigenvalue weighted by atomic mass is 79.9. The molecule has 0 saturated carbocycles. The Morgan fingerprint density at radius 3 is 2.29 bits per heavy atom. The van der Waals surface area contributed by atoms with Crippen molar-refractivity contribution in [3.63, 3.8) is 0 Å². The zero-order valence-electron chi connectivity index (χ0n) is 16.3. The van der Waals surface area contributed by atoms with Gasteiger partial charge in [-0.2, -0.15) is 0 Å². The Bertz CT molecular complexity index is 711. The Morgan fingerprint density at radius 2 is 1.68 bits per heavy atom. The molecule has 0 bridgehead atoms. The van der Waals surface area contributed by atoms with Crippen molar-refractivity contribution >= 4 is 40.7 Å². The summed E-state index contributed by atoms with van der Waals surface area (Å²) in [5.41, 5.74) is 2.59. The first-order valence-electron chi connectivity index (χ1n) is 9.09. The first-order valence-corrected chi connectivity index (χ1v) is 9.89. The Labute approximate surface area is 188 Å². The van der Waals surface area contributed by atoms with Gasteiger partial charge in [0.1, 0.15) is 0 Å². The summed E-state index contributed by atoms with van der Waals surface area (Å²) in [6.45, 7) is 4.17. The second-order valence-electron chi connectivity index (χ2n) is 6.73. The molecule has 156 valence electrons. The summed E-state index contributed by atoms with van der Waals surface area (Å²) in [6, 6.07) is 15.4. The van der Waals surface area contributed by atoms with E-state index in [0.717, 1.165) is 42.2 Å². The van der Waals surface area contributed by atoms with Crippen molar-refractivity contribution in [3.8, 4) is 11.5 Å². The minimum atomic E-state index is 0. The van der Waals surface area contributed by atoms with Crippen molar-refractivity contribution in [3.05, 3.63) is 58.1 Å². The van der Waals surface area contributed by atoms with E-state index in [1.807, 2.05) is 6.07 Å². The lowest BCUT2D eigenvalue weighted by molar-refractivity contribution is 0.190. The van der Waals surface area contributed by atoms with Crippen LogP contribution in [0.2, 0.25) is 0 Å². The lowest BCUT2D eigenvalue weighted by Gasteiger charge is -2.32. The lowest BCUT2D eigenvalue weighted by atomic mass is 10.0. The summed E-state index contributed by atoms with van der Waals surface area (Å²) >= 11 is 3.56. The van der Waals surface area contributed by atoms with E-state index in [-0.39, 0.29) is 24.8 Å². The van der Waals surface area contributed by atoms with Crippen LogP contribution in [0.1, 0.15) is 24.0 Å². The molecule has 1 saturated heterocycles. The van der Waals surface area contributed by atoms with Gasteiger partial charge in [-0.05, 0) is 65.1 Å². The first kappa shape index (κ1) is 25.1. The van der Waals surface area contributed by atoms with E-state index in [4.69, 9.17) is 9.47 Å². The molecule has 1 N–H and O–H groups in total. The van der Waals surface area contributed by atoms with Crippen LogP contribution < -0.4 is 14.8 Å². The van der Waals surface area contributed by atoms with E-state index >= 15 is 0 Å². The minimum absolute atomic E-state index is 0. The number of nitrogens with zero attached hydrogens (tertiary/aromatic N) is 1. The molecule has 0 spiro atoms. The average Bonchev–Trinajstić information content (AvgIpc) is 2.67. The molecule has 0 radical (unpaired) electrons. The summed E-state index contributed by atoms with van der Waals surface area (Å²) in [5, 5.41) is 3.69. The largest absolute Gasteiger partial charge is 0.493 e. The van der Waals surface area contributed by atoms with Crippen molar-refractivity contribution in [1.29, 1.82) is 0 Å². The van der Waals surface area contributed by atoms with Gasteiger partial charge in [0.25, 0.3) is 0 Å². The number of benzene rings is 2. The minimum Gasteiger partial charge on any atom is -0.493 e. The molecule has 0 unspecified atom stereocenters. The number of likely N-dealkylation sites (tertiary alicyclic amines) is 1. The van der Waals surface area contributed by atoms with Crippen LogP contribution in [-0.4, -0.2) is 38.3 Å². The highest BCUT2D eigenvalue weighted by Gasteiger charge is 2.19. The lowest BCUT2D eigenvalue weighted by Crippen LogP contribution is -2.41. The molecular formula is C21H29BrCl2N2O2. The Kier molecular flexibility index (Phi) is 11.2. The predicted molar refractivity (Wildman–Crippen MR) is 123 cm³/mol. The fourth-order valence-corrected chi connectivity index (χ4v) is 4.12. The van der Waals surface area contributed by atoms with Gasteiger partial charge in [0.05, 0.1) is 18.7 Å². The van der Waals surface area contributed by atoms with Crippen molar-refractivity contribution in [2.45, 2.75) is 32.0 Å². The van der Waals surface area contributed by atoms with Gasteiger partial charge in [-0.3, -0.25) is 4.90 Å². The van der Waals surface area contributed by atoms with Crippen LogP contribution in [0.5, 0.6) is 11.5 Å². The number of nitrogens with one attached hydrogen (secondary N) is 1. The normalized spacial score (nSPS) is 14.7. The summed E-state index contributed by atoms with van der Waals surface area (Å²) in [6.07, 6.45) is 2.36. The Hall–Kier alpha value is -0.980. The molecule has 2 aromatic carbocycles. The second kappa shape index (κ2) is 12.6. The van der Waals surface area contributed by atoms with E-state index in [0.29, 0.717) is 6.04 Å². The zero-order chi connectivity index (χ0) is 18.4. The smallest absolute Gasteiger partial charge is 0.174 e. The van der Waals surface area contributed by atoms with Gasteiger partial charge in [0, 0.05) is 19.1 Å². The molecule has 28 heavy (non-hydrogen) atoms. The van der Waals surface area contributed by atoms with Crippen molar-refractivity contribution in [2.75, 3.05) is 27.3 Å². The number of piperidine rings is 1. The SMILES string of the molecule is COc1cc(CNC2CCN(Cc3ccccc3)CC2)cc(Br)c1OC.Cl.Cl. The monoisotopic (exact) mass is 490 g/mol. The third-order valence-corrected chi connectivity index (χ3v) is 5.51. The fourth-order valence-electron chi connectivity index (χ4n) is 3.47. The summed E-state index contributed by atoms with van der Waals surface area (Å²) in [5.74, 6) is 1.50. The van der Waals surface area contributed by atoms with E-state index in [1.54, 1.807) is 14.2 Å². The van der Waals surface area contributed by atoms with Crippen LogP contribution in [0, 0.1) is 0 Å². The molecule has 0 aliphatic carbocycles. The van der Waals surface area contributed by atoms with Gasteiger partial charge in [-0.15, -0.1) is 24.8 Å². The summed E-state index contributed by atoms with van der Waals surface area (Å²) in [4.78, 5) is 2.54. The first-order chi connectivity index (χ1) is 12.7. The van der Waals surface area contributed by atoms with Gasteiger partial charge in [-0.25, -0.2) is 0 Å². The molecule has 0 atom stereocenters. The van der Waals surface area contributed by atoms with Crippen LogP contribution in [0.15, 0.2) is 46.9 Å². The number of halogens is 3. The Morgan fingerprint density at radius 1 is 1.00 bits per heavy atom. The van der Waals surface area contributed by atoms with Crippen molar-refractivity contribution in [2.24, 2.45) is 0 Å². The van der Waals surface area contributed by atoms with Gasteiger partial charge < -0.3 is 14.8 Å². The third kappa shape index (κ3) is 6.82. The molecule has 1 fully saturated rings. The maximum absolute atomic E-state index is 5.43. The molecule has 1 heterocycles. The molecule has 3 rings (SSSR count). The topological polar surface area (TPSA) is 33.7 Å². The average molecular weight is 492 g/mol. The van der Waals surface area contributed by atoms with Crippen LogP contribution in [0.3, 0.4) is 0 Å². The molecule has 7 heteroatoms. The highest BCUT2D eigenvalue weighted by Crippen LogP contribution is 2.36. The molecule has 4 nitrogen and oxygen atoms in total. The molecule has 0 aromatic heterocycles. The van der Waals surface area contributed by atoms with Gasteiger partial charge in [0.2, 0.25) is 0 Å². The number of ether oxygens (including phenoxy) is 2. The standard InChI is InChI=1S/C21H27BrN2O2.2ClH/c1-25-20-13-17(12-19(22)21(20)26-2)14-23-18-8-10-24(11-9-18)15-16-6-4-3-5-7-16;;/h3-7,12-13,18,23H,8-11,14-15H2,1-2H3;2*1H. The molecule has 1 aliphatic heterocycles. The van der Waals surface area contributed by atoms with Crippen LogP contribution >= 0.6 is 40.7 Å². The second-order valence-corrected chi connectivity index (χ2v) is 7.58. The van der Waals surface area contributed by atoms with Gasteiger partial charge in [-0.1, -0.05) is 30.3 Å². The van der Waals surface area contributed by atoms with Crippen molar-refractivity contribution in [1.82, 2.24) is 10.2 Å². The van der Waals surface area contributed by atoms with E-state index in [1.165, 1.54) is 24.0 Å². The zero-order valence-corrected chi connectivity index (χ0v) is 19.5. The third-order valence-electron chi connectivity index (χ3n) is 4.92. The maximum Gasteiger partial charge on any atom is 0.174 e. The predicted octanol–water partition coefficient (Wildman–Crippen LogP) is 5.06. The number of hydrogen-bond donors (Lipinski definition) is 1. The maximum atomic E-state index is 5.43. The quantitative estimate of drug-likeness (QED) is 0.586. The number of rotatable bonds is 7. The fraction of sp³-hybridized carbons (Fsp3) is 0.429. The molecule has 1 aliphatic rings. The number of hydrogen-bond acceptors (Lipinski definition) is 4.